The first kappa shape index (κ1) is 13.9. The number of ether oxygens (including phenoxy) is 1. The van der Waals surface area contributed by atoms with Crippen LogP contribution in [0.1, 0.15) is 19.3 Å². The highest BCUT2D eigenvalue weighted by Crippen LogP contribution is 2.19. The maximum Gasteiger partial charge on any atom is 0.223 e. The molecule has 1 saturated heterocycles. The molecule has 1 amide bonds. The second-order valence-electron chi connectivity index (χ2n) is 5.01. The quantitative estimate of drug-likeness (QED) is 0.878. The Hall–Kier alpha value is -1.55. The predicted octanol–water partition coefficient (Wildman–Crippen LogP) is 1.65. The number of piperidine rings is 1. The number of nitrogens with zero attached hydrogens (tertiary/aromatic N) is 1. The van der Waals surface area contributed by atoms with Gasteiger partial charge < -0.3 is 15.4 Å². The highest BCUT2D eigenvalue weighted by Gasteiger charge is 2.23. The molecule has 0 aromatic heterocycles. The minimum atomic E-state index is 0.173. The largest absolute Gasteiger partial charge is 0.493 e. The monoisotopic (exact) mass is 262 g/mol. The van der Waals surface area contributed by atoms with Crippen molar-refractivity contribution in [3.05, 3.63) is 30.3 Å². The summed E-state index contributed by atoms with van der Waals surface area (Å²) in [7, 11) is 0. The van der Waals surface area contributed by atoms with Crippen LogP contribution < -0.4 is 10.5 Å². The SMILES string of the molecule is NCCC(=O)N1CCC[C@@H](COc2ccccc2)C1. The number of hydrogen-bond donors (Lipinski definition) is 1. The summed E-state index contributed by atoms with van der Waals surface area (Å²) in [6, 6.07) is 9.82. The Morgan fingerprint density at radius 3 is 2.89 bits per heavy atom. The van der Waals surface area contributed by atoms with Crippen molar-refractivity contribution >= 4 is 5.91 Å². The molecule has 2 N–H and O–H groups in total. The van der Waals surface area contributed by atoms with Crippen LogP contribution in [0.3, 0.4) is 0 Å². The lowest BCUT2D eigenvalue weighted by atomic mass is 9.98. The predicted molar refractivity (Wildman–Crippen MR) is 74.9 cm³/mol. The van der Waals surface area contributed by atoms with Crippen LogP contribution >= 0.6 is 0 Å². The molecule has 4 nitrogen and oxygen atoms in total. The van der Waals surface area contributed by atoms with Crippen LogP contribution in [0.4, 0.5) is 0 Å². The van der Waals surface area contributed by atoms with Gasteiger partial charge in [0.05, 0.1) is 6.61 Å². The van der Waals surface area contributed by atoms with Crippen molar-refractivity contribution in [1.29, 1.82) is 0 Å². The normalized spacial score (nSPS) is 19.2. The Labute approximate surface area is 114 Å². The Morgan fingerprint density at radius 1 is 1.37 bits per heavy atom. The minimum Gasteiger partial charge on any atom is -0.493 e. The third-order valence-corrected chi connectivity index (χ3v) is 3.46. The summed E-state index contributed by atoms with van der Waals surface area (Å²) in [5.41, 5.74) is 5.43. The van der Waals surface area contributed by atoms with Gasteiger partial charge in [-0.1, -0.05) is 18.2 Å². The van der Waals surface area contributed by atoms with Gasteiger partial charge in [0.15, 0.2) is 0 Å². The van der Waals surface area contributed by atoms with Gasteiger partial charge in [0.2, 0.25) is 5.91 Å². The third-order valence-electron chi connectivity index (χ3n) is 3.46. The van der Waals surface area contributed by atoms with Crippen molar-refractivity contribution in [3.8, 4) is 5.75 Å². The molecular formula is C15H22N2O2. The molecule has 1 aliphatic heterocycles. The Morgan fingerprint density at radius 2 is 2.16 bits per heavy atom. The number of para-hydroxylation sites is 1. The first-order valence-corrected chi connectivity index (χ1v) is 6.95. The van der Waals surface area contributed by atoms with Crippen molar-refractivity contribution in [1.82, 2.24) is 4.90 Å². The molecule has 1 aromatic rings. The summed E-state index contributed by atoms with van der Waals surface area (Å²) in [6.45, 7) is 2.77. The smallest absolute Gasteiger partial charge is 0.223 e. The molecule has 1 heterocycles. The zero-order chi connectivity index (χ0) is 13.5. The maximum absolute atomic E-state index is 11.8. The van der Waals surface area contributed by atoms with E-state index in [2.05, 4.69) is 0 Å². The molecule has 0 aliphatic carbocycles. The van der Waals surface area contributed by atoms with Gasteiger partial charge in [0.25, 0.3) is 0 Å². The molecule has 0 spiro atoms. The number of amides is 1. The molecule has 1 atom stereocenters. The number of nitrogens with two attached hydrogens (primary N) is 1. The molecule has 0 saturated carbocycles. The van der Waals surface area contributed by atoms with Gasteiger partial charge in [-0.3, -0.25) is 4.79 Å². The van der Waals surface area contributed by atoms with E-state index in [0.717, 1.165) is 31.7 Å². The van der Waals surface area contributed by atoms with E-state index in [1.807, 2.05) is 35.2 Å². The van der Waals surface area contributed by atoms with Gasteiger partial charge in [-0.15, -0.1) is 0 Å². The van der Waals surface area contributed by atoms with Crippen LogP contribution in [0.15, 0.2) is 30.3 Å². The van der Waals surface area contributed by atoms with Gasteiger partial charge in [0, 0.05) is 32.0 Å². The summed E-state index contributed by atoms with van der Waals surface area (Å²) in [5, 5.41) is 0. The van der Waals surface area contributed by atoms with Gasteiger partial charge in [-0.05, 0) is 25.0 Å². The van der Waals surface area contributed by atoms with Gasteiger partial charge in [0.1, 0.15) is 5.75 Å². The molecule has 1 fully saturated rings. The van der Waals surface area contributed by atoms with Crippen LogP contribution in [-0.4, -0.2) is 37.0 Å². The highest BCUT2D eigenvalue weighted by molar-refractivity contribution is 5.76. The second-order valence-corrected chi connectivity index (χ2v) is 5.01. The third kappa shape index (κ3) is 4.24. The first-order chi connectivity index (χ1) is 9.29. The van der Waals surface area contributed by atoms with E-state index in [0.29, 0.717) is 25.5 Å². The summed E-state index contributed by atoms with van der Waals surface area (Å²) in [4.78, 5) is 13.7. The van der Waals surface area contributed by atoms with E-state index in [9.17, 15) is 4.79 Å². The minimum absolute atomic E-state index is 0.173. The molecule has 0 bridgehead atoms. The van der Waals surface area contributed by atoms with E-state index in [-0.39, 0.29) is 5.91 Å². The number of benzene rings is 1. The Balaban J connectivity index is 1.79. The number of carbonyl (C=O) groups excluding carboxylic acids is 1. The topological polar surface area (TPSA) is 55.6 Å². The summed E-state index contributed by atoms with van der Waals surface area (Å²) in [5.74, 6) is 1.50. The van der Waals surface area contributed by atoms with Crippen LogP contribution in [0.5, 0.6) is 5.75 Å². The van der Waals surface area contributed by atoms with Crippen molar-refractivity contribution in [2.24, 2.45) is 11.7 Å². The van der Waals surface area contributed by atoms with E-state index in [4.69, 9.17) is 10.5 Å². The van der Waals surface area contributed by atoms with E-state index in [1.54, 1.807) is 0 Å². The average molecular weight is 262 g/mol. The van der Waals surface area contributed by atoms with Crippen molar-refractivity contribution < 1.29 is 9.53 Å². The fraction of sp³-hybridized carbons (Fsp3) is 0.533. The lowest BCUT2D eigenvalue weighted by Crippen LogP contribution is -2.42. The molecule has 4 heteroatoms. The first-order valence-electron chi connectivity index (χ1n) is 6.95. The molecular weight excluding hydrogens is 240 g/mol. The molecule has 1 aromatic carbocycles. The number of carbonyl (C=O) groups is 1. The summed E-state index contributed by atoms with van der Waals surface area (Å²) in [6.07, 6.45) is 2.63. The van der Waals surface area contributed by atoms with Crippen LogP contribution in [-0.2, 0) is 4.79 Å². The van der Waals surface area contributed by atoms with Crippen molar-refractivity contribution in [3.63, 3.8) is 0 Å². The lowest BCUT2D eigenvalue weighted by molar-refractivity contribution is -0.133. The molecule has 19 heavy (non-hydrogen) atoms. The van der Waals surface area contributed by atoms with E-state index < -0.39 is 0 Å². The van der Waals surface area contributed by atoms with E-state index in [1.165, 1.54) is 0 Å². The van der Waals surface area contributed by atoms with Gasteiger partial charge in [-0.25, -0.2) is 0 Å². The highest BCUT2D eigenvalue weighted by atomic mass is 16.5. The van der Waals surface area contributed by atoms with Crippen LogP contribution in [0.25, 0.3) is 0 Å². The average Bonchev–Trinajstić information content (AvgIpc) is 2.47. The molecule has 0 unspecified atom stereocenters. The molecule has 2 rings (SSSR count). The summed E-state index contributed by atoms with van der Waals surface area (Å²) < 4.78 is 5.77. The Kier molecular flexibility index (Phi) is 5.21. The Bertz CT molecular complexity index is 394. The molecule has 1 aliphatic rings. The van der Waals surface area contributed by atoms with Gasteiger partial charge >= 0.3 is 0 Å². The number of hydrogen-bond acceptors (Lipinski definition) is 3. The summed E-state index contributed by atoms with van der Waals surface area (Å²) >= 11 is 0. The lowest BCUT2D eigenvalue weighted by Gasteiger charge is -2.32. The standard InChI is InChI=1S/C15H22N2O2/c16-9-8-15(18)17-10-4-5-13(11-17)12-19-14-6-2-1-3-7-14/h1-3,6-7,13H,4-5,8-12,16H2/t13-/m1/s1. The fourth-order valence-electron chi connectivity index (χ4n) is 2.44. The van der Waals surface area contributed by atoms with Crippen molar-refractivity contribution in [2.75, 3.05) is 26.2 Å². The van der Waals surface area contributed by atoms with E-state index >= 15 is 0 Å². The second kappa shape index (κ2) is 7.14. The van der Waals surface area contributed by atoms with Crippen LogP contribution in [0, 0.1) is 5.92 Å². The number of likely N-dealkylation sites (tertiary alicyclic amines) is 1. The molecule has 0 radical (unpaired) electrons. The zero-order valence-electron chi connectivity index (χ0n) is 11.3. The van der Waals surface area contributed by atoms with Crippen LogP contribution in [0.2, 0.25) is 0 Å². The zero-order valence-corrected chi connectivity index (χ0v) is 11.3. The van der Waals surface area contributed by atoms with Crippen molar-refractivity contribution in [2.45, 2.75) is 19.3 Å². The maximum atomic E-state index is 11.8. The fourth-order valence-corrected chi connectivity index (χ4v) is 2.44. The number of rotatable bonds is 5. The van der Waals surface area contributed by atoms with Gasteiger partial charge in [-0.2, -0.15) is 0 Å². The molecule has 104 valence electrons.